The van der Waals surface area contributed by atoms with Crippen LogP contribution in [-0.4, -0.2) is 43.0 Å². The van der Waals surface area contributed by atoms with Gasteiger partial charge in [-0.05, 0) is 42.8 Å². The summed E-state index contributed by atoms with van der Waals surface area (Å²) in [4.78, 5) is 17.4. The molecule has 136 valence electrons. The maximum atomic E-state index is 12.2. The van der Waals surface area contributed by atoms with E-state index in [0.29, 0.717) is 19.6 Å². The van der Waals surface area contributed by atoms with Gasteiger partial charge in [-0.25, -0.2) is 0 Å². The van der Waals surface area contributed by atoms with Crippen molar-refractivity contribution in [3.8, 4) is 5.75 Å². The first kappa shape index (κ1) is 18.0. The van der Waals surface area contributed by atoms with Crippen molar-refractivity contribution in [2.75, 3.05) is 27.2 Å². The number of nitrogens with zero attached hydrogens (tertiary/aromatic N) is 1. The number of hydrogen-bond acceptors (Lipinski definition) is 3. The number of carbonyl (C=O) groups is 1. The predicted octanol–water partition coefficient (Wildman–Crippen LogP) is 2.97. The quantitative estimate of drug-likeness (QED) is 0.656. The molecule has 0 saturated heterocycles. The number of hydrogen-bond donors (Lipinski definition) is 2. The molecule has 0 fully saturated rings. The van der Waals surface area contributed by atoms with Gasteiger partial charge in [-0.3, -0.25) is 9.69 Å². The Morgan fingerprint density at radius 3 is 2.88 bits per heavy atom. The number of H-pyrrole nitrogens is 1. The van der Waals surface area contributed by atoms with E-state index >= 15 is 0 Å². The van der Waals surface area contributed by atoms with Gasteiger partial charge in [0, 0.05) is 30.2 Å². The number of methoxy groups -OCH3 is 1. The molecule has 5 nitrogen and oxygen atoms in total. The summed E-state index contributed by atoms with van der Waals surface area (Å²) in [6.07, 6.45) is 2.83. The number of para-hydroxylation sites is 1. The van der Waals surface area contributed by atoms with Gasteiger partial charge in [0.25, 0.3) is 0 Å². The van der Waals surface area contributed by atoms with Crippen LogP contribution >= 0.6 is 0 Å². The van der Waals surface area contributed by atoms with Gasteiger partial charge in [-0.15, -0.1) is 0 Å². The maximum absolute atomic E-state index is 12.2. The average molecular weight is 351 g/mol. The predicted molar refractivity (Wildman–Crippen MR) is 104 cm³/mol. The molecule has 0 radical (unpaired) electrons. The van der Waals surface area contributed by atoms with Crippen molar-refractivity contribution in [1.82, 2.24) is 15.2 Å². The van der Waals surface area contributed by atoms with Gasteiger partial charge in [0.05, 0.1) is 13.7 Å². The van der Waals surface area contributed by atoms with Crippen LogP contribution in [0.1, 0.15) is 11.1 Å². The lowest BCUT2D eigenvalue weighted by atomic mass is 10.1. The Morgan fingerprint density at radius 2 is 2.04 bits per heavy atom. The number of carbonyl (C=O) groups excluding carboxylic acids is 1. The van der Waals surface area contributed by atoms with Crippen molar-refractivity contribution >= 4 is 16.8 Å². The highest BCUT2D eigenvalue weighted by Crippen LogP contribution is 2.17. The van der Waals surface area contributed by atoms with Crippen LogP contribution < -0.4 is 10.1 Å². The number of rotatable bonds is 8. The first-order valence-electron chi connectivity index (χ1n) is 8.79. The van der Waals surface area contributed by atoms with E-state index in [4.69, 9.17) is 4.74 Å². The lowest BCUT2D eigenvalue weighted by molar-refractivity contribution is -0.122. The summed E-state index contributed by atoms with van der Waals surface area (Å²) in [7, 11) is 3.60. The third-order valence-electron chi connectivity index (χ3n) is 4.39. The number of amides is 1. The second-order valence-corrected chi connectivity index (χ2v) is 6.48. The Kier molecular flexibility index (Phi) is 5.92. The van der Waals surface area contributed by atoms with E-state index in [1.54, 1.807) is 7.11 Å². The van der Waals surface area contributed by atoms with Gasteiger partial charge in [0.15, 0.2) is 0 Å². The topological polar surface area (TPSA) is 57.4 Å². The smallest absolute Gasteiger partial charge is 0.234 e. The summed E-state index contributed by atoms with van der Waals surface area (Å²) in [5.74, 6) is 0.870. The number of fused-ring (bicyclic) bond motifs is 1. The van der Waals surface area contributed by atoms with Crippen LogP contribution in [0.25, 0.3) is 10.9 Å². The van der Waals surface area contributed by atoms with Gasteiger partial charge in [0.1, 0.15) is 5.75 Å². The summed E-state index contributed by atoms with van der Waals surface area (Å²) in [6.45, 7) is 1.70. The van der Waals surface area contributed by atoms with Crippen LogP contribution in [0.2, 0.25) is 0 Å². The van der Waals surface area contributed by atoms with E-state index in [9.17, 15) is 4.79 Å². The molecule has 3 aromatic rings. The Balaban J connectivity index is 1.44. The molecule has 26 heavy (non-hydrogen) atoms. The highest BCUT2D eigenvalue weighted by atomic mass is 16.5. The van der Waals surface area contributed by atoms with Crippen molar-refractivity contribution < 1.29 is 9.53 Å². The number of ether oxygens (including phenoxy) is 1. The molecule has 0 spiro atoms. The van der Waals surface area contributed by atoms with E-state index in [0.717, 1.165) is 23.3 Å². The Hall–Kier alpha value is -2.79. The average Bonchev–Trinajstić information content (AvgIpc) is 3.05. The zero-order valence-corrected chi connectivity index (χ0v) is 15.3. The lowest BCUT2D eigenvalue weighted by Gasteiger charge is -2.16. The fraction of sp³-hybridized carbons (Fsp3) is 0.286. The molecule has 0 aliphatic carbocycles. The molecular weight excluding hydrogens is 326 g/mol. The maximum Gasteiger partial charge on any atom is 0.234 e. The van der Waals surface area contributed by atoms with Gasteiger partial charge >= 0.3 is 0 Å². The summed E-state index contributed by atoms with van der Waals surface area (Å²) in [6, 6.07) is 16.1. The fourth-order valence-electron chi connectivity index (χ4n) is 3.11. The van der Waals surface area contributed by atoms with Gasteiger partial charge < -0.3 is 15.0 Å². The van der Waals surface area contributed by atoms with Crippen molar-refractivity contribution in [2.45, 2.75) is 13.0 Å². The van der Waals surface area contributed by atoms with Crippen LogP contribution in [0, 0.1) is 0 Å². The lowest BCUT2D eigenvalue weighted by Crippen LogP contribution is -2.35. The minimum atomic E-state index is 0.0373. The number of aromatic nitrogens is 1. The largest absolute Gasteiger partial charge is 0.497 e. The van der Waals surface area contributed by atoms with Crippen molar-refractivity contribution in [3.63, 3.8) is 0 Å². The van der Waals surface area contributed by atoms with Gasteiger partial charge in [-0.2, -0.15) is 0 Å². The van der Waals surface area contributed by atoms with Crippen LogP contribution in [0.5, 0.6) is 5.75 Å². The summed E-state index contributed by atoms with van der Waals surface area (Å²) >= 11 is 0. The minimum Gasteiger partial charge on any atom is -0.497 e. The molecule has 3 rings (SSSR count). The zero-order valence-electron chi connectivity index (χ0n) is 15.3. The highest BCUT2D eigenvalue weighted by molar-refractivity contribution is 5.83. The second-order valence-electron chi connectivity index (χ2n) is 6.48. The zero-order chi connectivity index (χ0) is 18.4. The number of benzene rings is 2. The molecule has 0 bridgehead atoms. The molecule has 0 saturated carbocycles. The first-order chi connectivity index (χ1) is 12.7. The standard InChI is InChI=1S/C21H25N3O2/c1-24(14-16-6-5-7-18(12-16)26-2)15-21(25)22-11-10-17-13-23-20-9-4-3-8-19(17)20/h3-9,12-13,23H,10-11,14-15H2,1-2H3,(H,22,25). The molecule has 5 heteroatoms. The van der Waals surface area contributed by atoms with Crippen molar-refractivity contribution in [2.24, 2.45) is 0 Å². The molecule has 2 N–H and O–H groups in total. The fourth-order valence-corrected chi connectivity index (χ4v) is 3.11. The highest BCUT2D eigenvalue weighted by Gasteiger charge is 2.08. The van der Waals surface area contributed by atoms with Crippen LogP contribution in [-0.2, 0) is 17.8 Å². The SMILES string of the molecule is COc1cccc(CN(C)CC(=O)NCCc2c[nH]c3ccccc23)c1. The molecule has 2 aromatic carbocycles. The normalized spacial score (nSPS) is 11.0. The number of nitrogens with one attached hydrogen (secondary N) is 2. The molecular formula is C21H25N3O2. The molecule has 1 amide bonds. The van der Waals surface area contributed by atoms with Crippen molar-refractivity contribution in [1.29, 1.82) is 0 Å². The minimum absolute atomic E-state index is 0.0373. The Morgan fingerprint density at radius 1 is 1.19 bits per heavy atom. The molecule has 1 aromatic heterocycles. The molecule has 0 unspecified atom stereocenters. The monoisotopic (exact) mass is 351 g/mol. The van der Waals surface area contributed by atoms with E-state index in [-0.39, 0.29) is 5.91 Å². The molecule has 0 aliphatic heterocycles. The summed E-state index contributed by atoms with van der Waals surface area (Å²) < 4.78 is 5.24. The van der Waals surface area contributed by atoms with E-state index in [1.807, 2.05) is 54.5 Å². The third kappa shape index (κ3) is 4.64. The molecule has 1 heterocycles. The number of aromatic amines is 1. The molecule has 0 aliphatic rings. The Labute approximate surface area is 154 Å². The summed E-state index contributed by atoms with van der Waals surface area (Å²) in [5, 5.41) is 4.23. The first-order valence-corrected chi connectivity index (χ1v) is 8.79. The Bertz CT molecular complexity index is 872. The summed E-state index contributed by atoms with van der Waals surface area (Å²) in [5.41, 5.74) is 3.48. The molecule has 0 atom stereocenters. The van der Waals surface area contributed by atoms with Crippen molar-refractivity contribution in [3.05, 3.63) is 65.9 Å². The second kappa shape index (κ2) is 8.54. The van der Waals surface area contributed by atoms with Crippen LogP contribution in [0.4, 0.5) is 0 Å². The van der Waals surface area contributed by atoms with E-state index in [1.165, 1.54) is 10.9 Å². The van der Waals surface area contributed by atoms with Gasteiger partial charge in [0.2, 0.25) is 5.91 Å². The van der Waals surface area contributed by atoms with E-state index < -0.39 is 0 Å². The third-order valence-corrected chi connectivity index (χ3v) is 4.39. The van der Waals surface area contributed by atoms with Crippen LogP contribution in [0.3, 0.4) is 0 Å². The van der Waals surface area contributed by atoms with Gasteiger partial charge in [-0.1, -0.05) is 30.3 Å². The number of likely N-dealkylation sites (N-methyl/N-ethyl adjacent to an activating group) is 1. The van der Waals surface area contributed by atoms with E-state index in [2.05, 4.69) is 22.4 Å². The van der Waals surface area contributed by atoms with Crippen LogP contribution in [0.15, 0.2) is 54.7 Å².